The first kappa shape index (κ1) is 19.8. The van der Waals surface area contributed by atoms with Crippen molar-refractivity contribution < 1.29 is 14.3 Å². The molecule has 2 aromatic carbocycles. The maximum Gasteiger partial charge on any atom is 0.319 e. The summed E-state index contributed by atoms with van der Waals surface area (Å²) in [5.41, 5.74) is 2.58. The summed E-state index contributed by atoms with van der Waals surface area (Å²) in [5.74, 6) is -0.0747. The molecule has 0 saturated carbocycles. The number of benzene rings is 2. The number of carbonyl (C=O) groups is 2. The van der Waals surface area contributed by atoms with Crippen LogP contribution in [0.4, 0.5) is 10.5 Å². The van der Waals surface area contributed by atoms with Crippen molar-refractivity contribution in [1.82, 2.24) is 15.2 Å². The maximum absolute atomic E-state index is 12.7. The third kappa shape index (κ3) is 4.41. The minimum atomic E-state index is -0.320. The number of nitrogens with zero attached hydrogens (tertiary/aromatic N) is 2. The molecule has 1 aliphatic rings. The maximum atomic E-state index is 12.7. The number of ether oxygens (including phenoxy) is 1. The zero-order valence-electron chi connectivity index (χ0n) is 16.7. The van der Waals surface area contributed by atoms with E-state index >= 15 is 0 Å². The standard InChI is InChI=1S/C23H24N4O3/c1-30-15-22(28)27-13-19(16-7-3-2-4-8-16)21(14-27)26-23(29)25-18-11-17-9-5-6-10-20(17)24-12-18/h2-12,19,21H,13-15H2,1H3,(H2,25,26,29)/t19-,21+/m0/s1. The number of fused-ring (bicyclic) bond motifs is 1. The summed E-state index contributed by atoms with van der Waals surface area (Å²) in [7, 11) is 1.50. The summed E-state index contributed by atoms with van der Waals surface area (Å²) in [6, 6.07) is 19.0. The van der Waals surface area contributed by atoms with E-state index in [0.717, 1.165) is 16.5 Å². The zero-order valence-corrected chi connectivity index (χ0v) is 16.7. The van der Waals surface area contributed by atoms with Crippen molar-refractivity contribution in [3.63, 3.8) is 0 Å². The number of urea groups is 1. The van der Waals surface area contributed by atoms with Crippen LogP contribution in [-0.2, 0) is 9.53 Å². The van der Waals surface area contributed by atoms with Gasteiger partial charge in [-0.25, -0.2) is 4.79 Å². The molecule has 2 atom stereocenters. The minimum Gasteiger partial charge on any atom is -0.375 e. The lowest BCUT2D eigenvalue weighted by Gasteiger charge is -2.20. The molecule has 0 radical (unpaired) electrons. The Morgan fingerprint density at radius 3 is 2.67 bits per heavy atom. The molecule has 1 fully saturated rings. The first-order valence-electron chi connectivity index (χ1n) is 9.88. The molecule has 7 nitrogen and oxygen atoms in total. The average molecular weight is 404 g/mol. The SMILES string of the molecule is COCC(=O)N1C[C@@H](NC(=O)Nc2cnc3ccccc3c2)[C@H](c2ccccc2)C1. The molecule has 2 N–H and O–H groups in total. The number of likely N-dealkylation sites (tertiary alicyclic amines) is 1. The Hall–Kier alpha value is -3.45. The number of nitrogens with one attached hydrogen (secondary N) is 2. The molecule has 30 heavy (non-hydrogen) atoms. The smallest absolute Gasteiger partial charge is 0.319 e. The summed E-state index contributed by atoms with van der Waals surface area (Å²) < 4.78 is 4.99. The highest BCUT2D eigenvalue weighted by molar-refractivity contribution is 5.92. The summed E-state index contributed by atoms with van der Waals surface area (Å²) in [5, 5.41) is 6.85. The van der Waals surface area contributed by atoms with Crippen molar-refractivity contribution in [2.45, 2.75) is 12.0 Å². The van der Waals surface area contributed by atoms with Gasteiger partial charge in [0.25, 0.3) is 0 Å². The summed E-state index contributed by atoms with van der Waals surface area (Å²) in [6.07, 6.45) is 1.64. The molecule has 0 spiro atoms. The van der Waals surface area contributed by atoms with E-state index in [0.29, 0.717) is 18.8 Å². The Bertz CT molecular complexity index is 1040. The quantitative estimate of drug-likeness (QED) is 0.685. The Morgan fingerprint density at radius 2 is 1.87 bits per heavy atom. The Morgan fingerprint density at radius 1 is 1.10 bits per heavy atom. The van der Waals surface area contributed by atoms with Gasteiger partial charge in [-0.15, -0.1) is 0 Å². The first-order valence-corrected chi connectivity index (χ1v) is 9.88. The second kappa shape index (κ2) is 8.92. The van der Waals surface area contributed by atoms with Gasteiger partial charge in [-0.2, -0.15) is 0 Å². The Labute approximate surface area is 175 Å². The molecule has 1 aliphatic heterocycles. The molecule has 3 aromatic rings. The van der Waals surface area contributed by atoms with Crippen molar-refractivity contribution in [3.05, 3.63) is 72.4 Å². The van der Waals surface area contributed by atoms with Gasteiger partial charge in [-0.3, -0.25) is 9.78 Å². The van der Waals surface area contributed by atoms with Gasteiger partial charge >= 0.3 is 6.03 Å². The zero-order chi connectivity index (χ0) is 20.9. The van der Waals surface area contributed by atoms with Crippen LogP contribution in [0.5, 0.6) is 0 Å². The van der Waals surface area contributed by atoms with Gasteiger partial charge in [0.15, 0.2) is 0 Å². The largest absolute Gasteiger partial charge is 0.375 e. The van der Waals surface area contributed by atoms with Crippen molar-refractivity contribution in [2.24, 2.45) is 0 Å². The summed E-state index contributed by atoms with van der Waals surface area (Å²) in [6.45, 7) is 1.00. The molecule has 2 heterocycles. The fourth-order valence-corrected chi connectivity index (χ4v) is 3.88. The van der Waals surface area contributed by atoms with E-state index in [2.05, 4.69) is 15.6 Å². The predicted molar refractivity (Wildman–Crippen MR) is 115 cm³/mol. The van der Waals surface area contributed by atoms with Gasteiger partial charge < -0.3 is 20.3 Å². The highest BCUT2D eigenvalue weighted by atomic mass is 16.5. The number of hydrogen-bond donors (Lipinski definition) is 2. The molecule has 0 unspecified atom stereocenters. The van der Waals surface area contributed by atoms with Crippen LogP contribution in [0.3, 0.4) is 0 Å². The number of pyridine rings is 1. The van der Waals surface area contributed by atoms with Crippen LogP contribution in [0.25, 0.3) is 10.9 Å². The van der Waals surface area contributed by atoms with Gasteiger partial charge in [0.1, 0.15) is 6.61 Å². The van der Waals surface area contributed by atoms with E-state index in [-0.39, 0.29) is 30.5 Å². The molecule has 154 valence electrons. The van der Waals surface area contributed by atoms with E-state index in [4.69, 9.17) is 4.74 Å². The normalized spacial score (nSPS) is 18.4. The lowest BCUT2D eigenvalue weighted by molar-refractivity contribution is -0.134. The predicted octanol–water partition coefficient (Wildman–Crippen LogP) is 3.00. The number of carbonyl (C=O) groups excluding carboxylic acids is 2. The summed E-state index contributed by atoms with van der Waals surface area (Å²) in [4.78, 5) is 31.2. The van der Waals surface area contributed by atoms with Crippen LogP contribution in [0, 0.1) is 0 Å². The number of anilines is 1. The van der Waals surface area contributed by atoms with E-state index in [1.165, 1.54) is 7.11 Å². The number of methoxy groups -OCH3 is 1. The van der Waals surface area contributed by atoms with E-state index in [1.807, 2.05) is 60.7 Å². The second-order valence-electron chi connectivity index (χ2n) is 7.37. The lowest BCUT2D eigenvalue weighted by atomic mass is 9.94. The number of aromatic nitrogens is 1. The molecule has 1 saturated heterocycles. The molecule has 7 heteroatoms. The third-order valence-electron chi connectivity index (χ3n) is 5.33. The number of hydrogen-bond acceptors (Lipinski definition) is 4. The van der Waals surface area contributed by atoms with Crippen molar-refractivity contribution in [3.8, 4) is 0 Å². The third-order valence-corrected chi connectivity index (χ3v) is 5.33. The van der Waals surface area contributed by atoms with Crippen LogP contribution >= 0.6 is 0 Å². The van der Waals surface area contributed by atoms with Crippen LogP contribution in [-0.4, -0.2) is 54.7 Å². The molecule has 0 bridgehead atoms. The highest BCUT2D eigenvalue weighted by Gasteiger charge is 2.36. The fraction of sp³-hybridized carbons (Fsp3) is 0.261. The van der Waals surface area contributed by atoms with Crippen LogP contribution in [0.2, 0.25) is 0 Å². The van der Waals surface area contributed by atoms with Crippen molar-refractivity contribution in [1.29, 1.82) is 0 Å². The Kier molecular flexibility index (Phi) is 5.90. The minimum absolute atomic E-state index is 0.00693. The molecular formula is C23H24N4O3. The molecule has 4 rings (SSSR count). The van der Waals surface area contributed by atoms with Crippen LogP contribution in [0.15, 0.2) is 66.9 Å². The number of amides is 3. The second-order valence-corrected chi connectivity index (χ2v) is 7.37. The van der Waals surface area contributed by atoms with Crippen LogP contribution in [0.1, 0.15) is 11.5 Å². The van der Waals surface area contributed by atoms with Crippen LogP contribution < -0.4 is 10.6 Å². The van der Waals surface area contributed by atoms with Crippen molar-refractivity contribution >= 4 is 28.5 Å². The number of rotatable bonds is 5. The highest BCUT2D eigenvalue weighted by Crippen LogP contribution is 2.28. The molecule has 0 aliphatic carbocycles. The van der Waals surface area contributed by atoms with Gasteiger partial charge in [-0.1, -0.05) is 48.5 Å². The lowest BCUT2D eigenvalue weighted by Crippen LogP contribution is -2.43. The van der Waals surface area contributed by atoms with E-state index in [1.54, 1.807) is 11.1 Å². The number of para-hydroxylation sites is 1. The van der Waals surface area contributed by atoms with Gasteiger partial charge in [0.2, 0.25) is 5.91 Å². The average Bonchev–Trinajstić information content (AvgIpc) is 3.18. The molecular weight excluding hydrogens is 380 g/mol. The fourth-order valence-electron chi connectivity index (χ4n) is 3.88. The topological polar surface area (TPSA) is 83.6 Å². The van der Waals surface area contributed by atoms with Gasteiger partial charge in [-0.05, 0) is 17.7 Å². The molecule has 1 aromatic heterocycles. The van der Waals surface area contributed by atoms with Gasteiger partial charge in [0, 0.05) is 31.5 Å². The molecule has 3 amide bonds. The Balaban J connectivity index is 1.48. The van der Waals surface area contributed by atoms with E-state index in [9.17, 15) is 9.59 Å². The summed E-state index contributed by atoms with van der Waals surface area (Å²) >= 11 is 0. The van der Waals surface area contributed by atoms with E-state index < -0.39 is 0 Å². The van der Waals surface area contributed by atoms with Crippen molar-refractivity contribution in [2.75, 3.05) is 32.1 Å². The monoisotopic (exact) mass is 404 g/mol. The first-order chi connectivity index (χ1) is 14.6. The van der Waals surface area contributed by atoms with Gasteiger partial charge in [0.05, 0.1) is 23.4 Å².